The summed E-state index contributed by atoms with van der Waals surface area (Å²) in [4.78, 5) is 12.4. The number of nitrogens with one attached hydrogen (secondary N) is 2. The van der Waals surface area contributed by atoms with Gasteiger partial charge in [-0.05, 0) is 41.2 Å². The molecular formula is C15H19BrN2O3. The lowest BCUT2D eigenvalue weighted by Crippen LogP contribution is -2.45. The summed E-state index contributed by atoms with van der Waals surface area (Å²) in [6.07, 6.45) is 1.99. The normalized spacial score (nSPS) is 24.5. The molecule has 2 unspecified atom stereocenters. The van der Waals surface area contributed by atoms with Crippen LogP contribution in [0.15, 0.2) is 16.6 Å². The molecule has 0 aromatic heterocycles. The quantitative estimate of drug-likeness (QED) is 0.856. The molecule has 2 heterocycles. The van der Waals surface area contributed by atoms with Crippen LogP contribution >= 0.6 is 15.9 Å². The molecule has 0 aliphatic carbocycles. The average molecular weight is 355 g/mol. The molecule has 1 aromatic rings. The molecule has 1 fully saturated rings. The topological polar surface area (TPSA) is 59.6 Å². The molecular weight excluding hydrogens is 336 g/mol. The predicted molar refractivity (Wildman–Crippen MR) is 84.0 cm³/mol. The van der Waals surface area contributed by atoms with Gasteiger partial charge in [0, 0.05) is 16.6 Å². The molecule has 2 aliphatic rings. The van der Waals surface area contributed by atoms with Gasteiger partial charge in [-0.1, -0.05) is 6.92 Å². The van der Waals surface area contributed by atoms with E-state index in [9.17, 15) is 4.79 Å². The van der Waals surface area contributed by atoms with Gasteiger partial charge in [0.05, 0.1) is 11.7 Å². The van der Waals surface area contributed by atoms with Crippen LogP contribution in [0.3, 0.4) is 0 Å². The Morgan fingerprint density at radius 2 is 2.05 bits per heavy atom. The number of hydrogen-bond donors (Lipinski definition) is 2. The lowest BCUT2D eigenvalue weighted by atomic mass is 9.94. The van der Waals surface area contributed by atoms with Crippen LogP contribution in [-0.4, -0.2) is 31.7 Å². The first-order valence-corrected chi connectivity index (χ1v) is 8.06. The van der Waals surface area contributed by atoms with Crippen LogP contribution < -0.4 is 20.1 Å². The van der Waals surface area contributed by atoms with E-state index in [4.69, 9.17) is 9.47 Å². The second kappa shape index (κ2) is 6.23. The van der Waals surface area contributed by atoms with Gasteiger partial charge in [-0.25, -0.2) is 0 Å². The summed E-state index contributed by atoms with van der Waals surface area (Å²) in [6, 6.07) is 3.51. The zero-order chi connectivity index (χ0) is 14.8. The number of piperidine rings is 1. The van der Waals surface area contributed by atoms with Crippen LogP contribution in [-0.2, 0) is 4.79 Å². The van der Waals surface area contributed by atoms with Gasteiger partial charge in [-0.15, -0.1) is 0 Å². The number of fused-ring (bicyclic) bond motifs is 1. The van der Waals surface area contributed by atoms with E-state index < -0.39 is 0 Å². The molecule has 1 amide bonds. The number of anilines is 1. The number of carbonyl (C=O) groups excluding carboxylic acids is 1. The van der Waals surface area contributed by atoms with Crippen LogP contribution in [0.1, 0.15) is 19.8 Å². The molecule has 0 saturated carbocycles. The highest BCUT2D eigenvalue weighted by atomic mass is 79.9. The van der Waals surface area contributed by atoms with E-state index in [0.29, 0.717) is 36.3 Å². The molecule has 2 N–H and O–H groups in total. The van der Waals surface area contributed by atoms with Crippen LogP contribution in [0.5, 0.6) is 11.5 Å². The molecule has 0 spiro atoms. The van der Waals surface area contributed by atoms with E-state index >= 15 is 0 Å². The summed E-state index contributed by atoms with van der Waals surface area (Å²) >= 11 is 3.47. The van der Waals surface area contributed by atoms with E-state index in [1.807, 2.05) is 12.1 Å². The molecule has 0 radical (unpaired) electrons. The van der Waals surface area contributed by atoms with Gasteiger partial charge in [0.15, 0.2) is 11.5 Å². The van der Waals surface area contributed by atoms with E-state index in [-0.39, 0.29) is 11.9 Å². The fourth-order valence-electron chi connectivity index (χ4n) is 2.69. The van der Waals surface area contributed by atoms with Crippen LogP contribution in [0.2, 0.25) is 0 Å². The third-order valence-electron chi connectivity index (χ3n) is 3.87. The molecule has 0 bridgehead atoms. The Morgan fingerprint density at radius 1 is 1.33 bits per heavy atom. The van der Waals surface area contributed by atoms with Gasteiger partial charge in [0.1, 0.15) is 13.2 Å². The van der Waals surface area contributed by atoms with Crippen molar-refractivity contribution in [1.29, 1.82) is 0 Å². The summed E-state index contributed by atoms with van der Waals surface area (Å²) in [7, 11) is 0. The summed E-state index contributed by atoms with van der Waals surface area (Å²) in [5.41, 5.74) is 0.712. The molecule has 2 atom stereocenters. The van der Waals surface area contributed by atoms with Crippen molar-refractivity contribution in [3.8, 4) is 11.5 Å². The summed E-state index contributed by atoms with van der Waals surface area (Å²) in [6.45, 7) is 4.15. The molecule has 21 heavy (non-hydrogen) atoms. The Hall–Kier alpha value is -1.27. The van der Waals surface area contributed by atoms with Gasteiger partial charge in [0.25, 0.3) is 0 Å². The highest BCUT2D eigenvalue weighted by Gasteiger charge is 2.25. The minimum atomic E-state index is -0.131. The molecule has 114 valence electrons. The van der Waals surface area contributed by atoms with E-state index in [0.717, 1.165) is 23.9 Å². The van der Waals surface area contributed by atoms with Gasteiger partial charge in [-0.2, -0.15) is 0 Å². The van der Waals surface area contributed by atoms with Crippen molar-refractivity contribution in [2.24, 2.45) is 5.92 Å². The highest BCUT2D eigenvalue weighted by molar-refractivity contribution is 9.10. The maximum atomic E-state index is 12.4. The Kier molecular flexibility index (Phi) is 4.35. The zero-order valence-electron chi connectivity index (χ0n) is 11.9. The first kappa shape index (κ1) is 14.7. The first-order chi connectivity index (χ1) is 10.1. The Balaban J connectivity index is 1.73. The van der Waals surface area contributed by atoms with Crippen molar-refractivity contribution in [3.05, 3.63) is 16.6 Å². The maximum Gasteiger partial charge on any atom is 0.241 e. The van der Waals surface area contributed by atoms with Crippen LogP contribution in [0.4, 0.5) is 5.69 Å². The van der Waals surface area contributed by atoms with E-state index in [2.05, 4.69) is 33.5 Å². The number of amides is 1. The number of hydrogen-bond acceptors (Lipinski definition) is 4. The first-order valence-electron chi connectivity index (χ1n) is 7.27. The fourth-order valence-corrected chi connectivity index (χ4v) is 3.11. The largest absolute Gasteiger partial charge is 0.486 e. The van der Waals surface area contributed by atoms with Gasteiger partial charge in [-0.3, -0.25) is 4.79 Å². The number of carbonyl (C=O) groups is 1. The Labute approximate surface area is 132 Å². The zero-order valence-corrected chi connectivity index (χ0v) is 13.5. The number of rotatable bonds is 2. The standard InChI is InChI=1S/C15H19BrN2O3/c1-9-2-3-17-12(6-9)15(19)18-11-8-14-13(7-10(11)16)20-4-5-21-14/h7-9,12,17H,2-6H2,1H3,(H,18,19). The lowest BCUT2D eigenvalue weighted by Gasteiger charge is -2.27. The van der Waals surface area contributed by atoms with Crippen molar-refractivity contribution >= 4 is 27.5 Å². The second-order valence-corrected chi connectivity index (χ2v) is 6.46. The fraction of sp³-hybridized carbons (Fsp3) is 0.533. The number of benzene rings is 1. The van der Waals surface area contributed by atoms with Crippen molar-refractivity contribution in [2.75, 3.05) is 25.1 Å². The van der Waals surface area contributed by atoms with Gasteiger partial charge >= 0.3 is 0 Å². The monoisotopic (exact) mass is 354 g/mol. The highest BCUT2D eigenvalue weighted by Crippen LogP contribution is 2.38. The SMILES string of the molecule is CC1CCNC(C(=O)Nc2cc3c(cc2Br)OCCO3)C1. The smallest absolute Gasteiger partial charge is 0.241 e. The van der Waals surface area contributed by atoms with Crippen molar-refractivity contribution in [2.45, 2.75) is 25.8 Å². The van der Waals surface area contributed by atoms with Gasteiger partial charge in [0.2, 0.25) is 5.91 Å². The third-order valence-corrected chi connectivity index (χ3v) is 4.53. The molecule has 1 aromatic carbocycles. The van der Waals surface area contributed by atoms with E-state index in [1.54, 1.807) is 0 Å². The minimum absolute atomic E-state index is 0.000993. The summed E-state index contributed by atoms with van der Waals surface area (Å²) in [5, 5.41) is 6.23. The third kappa shape index (κ3) is 3.32. The number of ether oxygens (including phenoxy) is 2. The molecule has 1 saturated heterocycles. The van der Waals surface area contributed by atoms with Crippen LogP contribution in [0.25, 0.3) is 0 Å². The van der Waals surface area contributed by atoms with Crippen LogP contribution in [0, 0.1) is 5.92 Å². The Bertz CT molecular complexity index is 550. The predicted octanol–water partition coefficient (Wildman–Crippen LogP) is 2.55. The Morgan fingerprint density at radius 3 is 2.76 bits per heavy atom. The summed E-state index contributed by atoms with van der Waals surface area (Å²) in [5.74, 6) is 1.95. The maximum absolute atomic E-state index is 12.4. The summed E-state index contributed by atoms with van der Waals surface area (Å²) < 4.78 is 11.9. The molecule has 6 heteroatoms. The van der Waals surface area contributed by atoms with E-state index in [1.165, 1.54) is 0 Å². The van der Waals surface area contributed by atoms with Crippen molar-refractivity contribution < 1.29 is 14.3 Å². The second-order valence-electron chi connectivity index (χ2n) is 5.60. The molecule has 2 aliphatic heterocycles. The lowest BCUT2D eigenvalue weighted by molar-refractivity contribution is -0.119. The average Bonchev–Trinajstić information content (AvgIpc) is 2.48. The van der Waals surface area contributed by atoms with Crippen molar-refractivity contribution in [3.63, 3.8) is 0 Å². The van der Waals surface area contributed by atoms with Crippen molar-refractivity contribution in [1.82, 2.24) is 5.32 Å². The van der Waals surface area contributed by atoms with Gasteiger partial charge < -0.3 is 20.1 Å². The molecule has 5 nitrogen and oxygen atoms in total. The minimum Gasteiger partial charge on any atom is -0.486 e. The molecule has 3 rings (SSSR count). The number of halogens is 1.